The van der Waals surface area contributed by atoms with E-state index in [4.69, 9.17) is 0 Å². The summed E-state index contributed by atoms with van der Waals surface area (Å²) >= 11 is 0. The van der Waals surface area contributed by atoms with Crippen LogP contribution in [0.3, 0.4) is 0 Å². The molecule has 2 rings (SSSR count). The number of benzene rings is 1. The van der Waals surface area contributed by atoms with E-state index in [-0.39, 0.29) is 0 Å². The van der Waals surface area contributed by atoms with E-state index in [2.05, 4.69) is 55.3 Å². The maximum atomic E-state index is 3.49. The van der Waals surface area contributed by atoms with Crippen molar-refractivity contribution in [3.05, 3.63) is 35.4 Å². The zero-order valence-corrected chi connectivity index (χ0v) is 11.2. The van der Waals surface area contributed by atoms with Gasteiger partial charge >= 0.3 is 0 Å². The number of nitrogens with one attached hydrogen (secondary N) is 1. The minimum absolute atomic E-state index is 0.617. The van der Waals surface area contributed by atoms with Crippen molar-refractivity contribution < 1.29 is 0 Å². The number of hydrogen-bond donors (Lipinski definition) is 1. The average Bonchev–Trinajstić information content (AvgIpc) is 2.29. The quantitative estimate of drug-likeness (QED) is 0.862. The van der Waals surface area contributed by atoms with Gasteiger partial charge in [0.1, 0.15) is 0 Å². The highest BCUT2D eigenvalue weighted by molar-refractivity contribution is 5.29. The maximum Gasteiger partial charge on any atom is 0.0237 e. The van der Waals surface area contributed by atoms with Crippen molar-refractivity contribution in [2.24, 2.45) is 0 Å². The molecule has 0 saturated carbocycles. The van der Waals surface area contributed by atoms with Gasteiger partial charge in [-0.25, -0.2) is 0 Å². The molecule has 1 heterocycles. The van der Waals surface area contributed by atoms with Gasteiger partial charge in [-0.05, 0) is 24.0 Å². The Hall–Kier alpha value is -0.860. The molecule has 0 aliphatic carbocycles. The summed E-state index contributed by atoms with van der Waals surface area (Å²) in [6.45, 7) is 11.4. The van der Waals surface area contributed by atoms with Gasteiger partial charge in [-0.1, -0.05) is 38.1 Å². The summed E-state index contributed by atoms with van der Waals surface area (Å²) in [7, 11) is 0. The van der Waals surface area contributed by atoms with Gasteiger partial charge in [0.05, 0.1) is 0 Å². The van der Waals surface area contributed by atoms with Crippen molar-refractivity contribution in [2.75, 3.05) is 19.6 Å². The van der Waals surface area contributed by atoms with Crippen LogP contribution in [0.1, 0.15) is 37.8 Å². The molecule has 17 heavy (non-hydrogen) atoms. The molecule has 0 bridgehead atoms. The van der Waals surface area contributed by atoms with Gasteiger partial charge in [0, 0.05) is 32.2 Å². The van der Waals surface area contributed by atoms with Gasteiger partial charge in [0.25, 0.3) is 0 Å². The molecular formula is C15H24N2. The lowest BCUT2D eigenvalue weighted by molar-refractivity contribution is 0.199. The fourth-order valence-electron chi connectivity index (χ4n) is 2.64. The van der Waals surface area contributed by atoms with Crippen LogP contribution in [-0.2, 0) is 6.54 Å². The third-order valence-electron chi connectivity index (χ3n) is 3.52. The molecule has 94 valence electrons. The highest BCUT2D eigenvalue weighted by atomic mass is 15.2. The second-order valence-electron chi connectivity index (χ2n) is 5.44. The number of rotatable bonds is 3. The zero-order chi connectivity index (χ0) is 12.3. The van der Waals surface area contributed by atoms with E-state index in [1.165, 1.54) is 11.1 Å². The third kappa shape index (κ3) is 3.30. The lowest BCUT2D eigenvalue weighted by Crippen LogP contribution is -2.48. The van der Waals surface area contributed by atoms with Crippen LogP contribution in [0.5, 0.6) is 0 Å². The Morgan fingerprint density at radius 2 is 2.12 bits per heavy atom. The molecule has 1 N–H and O–H groups in total. The Morgan fingerprint density at radius 3 is 2.82 bits per heavy atom. The first-order valence-corrected chi connectivity index (χ1v) is 6.70. The van der Waals surface area contributed by atoms with Crippen LogP contribution in [0.25, 0.3) is 0 Å². The highest BCUT2D eigenvalue weighted by Gasteiger charge is 2.16. The zero-order valence-electron chi connectivity index (χ0n) is 11.2. The molecule has 1 aliphatic heterocycles. The van der Waals surface area contributed by atoms with Crippen LogP contribution in [-0.4, -0.2) is 30.6 Å². The fraction of sp³-hybridized carbons (Fsp3) is 0.600. The lowest BCUT2D eigenvalue weighted by Gasteiger charge is -2.32. The molecule has 0 spiro atoms. The Bertz CT molecular complexity index is 360. The summed E-state index contributed by atoms with van der Waals surface area (Å²) in [5.41, 5.74) is 3.00. The first-order chi connectivity index (χ1) is 8.16. The monoisotopic (exact) mass is 232 g/mol. The topological polar surface area (TPSA) is 15.3 Å². The smallest absolute Gasteiger partial charge is 0.0237 e. The van der Waals surface area contributed by atoms with Crippen LogP contribution >= 0.6 is 0 Å². The van der Waals surface area contributed by atoms with Crippen molar-refractivity contribution in [1.29, 1.82) is 0 Å². The van der Waals surface area contributed by atoms with E-state index in [0.717, 1.165) is 26.2 Å². The molecule has 2 heteroatoms. The number of piperazine rings is 1. The molecule has 1 aliphatic rings. The fourth-order valence-corrected chi connectivity index (χ4v) is 2.64. The predicted molar refractivity (Wildman–Crippen MR) is 73.3 cm³/mol. The van der Waals surface area contributed by atoms with E-state index in [1.807, 2.05) is 0 Å². The van der Waals surface area contributed by atoms with Crippen LogP contribution in [0.2, 0.25) is 0 Å². The SMILES string of the molecule is CC1CN(Cc2ccccc2C(C)C)CCN1. The predicted octanol–water partition coefficient (Wildman–Crippen LogP) is 2.60. The molecule has 1 fully saturated rings. The molecular weight excluding hydrogens is 208 g/mol. The third-order valence-corrected chi connectivity index (χ3v) is 3.52. The summed E-state index contributed by atoms with van der Waals surface area (Å²) in [6, 6.07) is 9.48. The summed E-state index contributed by atoms with van der Waals surface area (Å²) in [6.07, 6.45) is 0. The van der Waals surface area contributed by atoms with Crippen molar-refractivity contribution in [2.45, 2.75) is 39.3 Å². The average molecular weight is 232 g/mol. The lowest BCUT2D eigenvalue weighted by atomic mass is 9.97. The van der Waals surface area contributed by atoms with Crippen molar-refractivity contribution >= 4 is 0 Å². The minimum atomic E-state index is 0.617. The van der Waals surface area contributed by atoms with Gasteiger partial charge in [-0.15, -0.1) is 0 Å². The molecule has 0 radical (unpaired) electrons. The van der Waals surface area contributed by atoms with Crippen LogP contribution in [0.15, 0.2) is 24.3 Å². The normalized spacial score (nSPS) is 22.0. The van der Waals surface area contributed by atoms with Gasteiger partial charge in [0.2, 0.25) is 0 Å². The standard InChI is InChI=1S/C15H24N2/c1-12(2)15-7-5-4-6-14(15)11-17-9-8-16-13(3)10-17/h4-7,12-13,16H,8-11H2,1-3H3. The maximum absolute atomic E-state index is 3.49. The van der Waals surface area contributed by atoms with E-state index in [0.29, 0.717) is 12.0 Å². The van der Waals surface area contributed by atoms with Crippen molar-refractivity contribution in [3.63, 3.8) is 0 Å². The van der Waals surface area contributed by atoms with E-state index in [9.17, 15) is 0 Å². The second kappa shape index (κ2) is 5.65. The Morgan fingerprint density at radius 1 is 1.35 bits per heavy atom. The first-order valence-electron chi connectivity index (χ1n) is 6.70. The molecule has 1 aromatic carbocycles. The van der Waals surface area contributed by atoms with Gasteiger partial charge < -0.3 is 5.32 Å². The number of hydrogen-bond acceptors (Lipinski definition) is 2. The second-order valence-corrected chi connectivity index (χ2v) is 5.44. The molecule has 0 aromatic heterocycles. The van der Waals surface area contributed by atoms with Gasteiger partial charge in [0.15, 0.2) is 0 Å². The molecule has 1 aromatic rings. The van der Waals surface area contributed by atoms with Crippen LogP contribution < -0.4 is 5.32 Å². The molecule has 1 atom stereocenters. The summed E-state index contributed by atoms with van der Waals surface area (Å²) in [4.78, 5) is 2.56. The van der Waals surface area contributed by atoms with E-state index >= 15 is 0 Å². The van der Waals surface area contributed by atoms with Crippen LogP contribution in [0, 0.1) is 0 Å². The summed E-state index contributed by atoms with van der Waals surface area (Å²) < 4.78 is 0. The van der Waals surface area contributed by atoms with E-state index in [1.54, 1.807) is 0 Å². The Labute approximate surface area is 105 Å². The van der Waals surface area contributed by atoms with Crippen molar-refractivity contribution in [1.82, 2.24) is 10.2 Å². The van der Waals surface area contributed by atoms with Gasteiger partial charge in [-0.3, -0.25) is 4.90 Å². The van der Waals surface area contributed by atoms with Gasteiger partial charge in [-0.2, -0.15) is 0 Å². The highest BCUT2D eigenvalue weighted by Crippen LogP contribution is 2.20. The first kappa shape index (κ1) is 12.6. The number of nitrogens with zero attached hydrogens (tertiary/aromatic N) is 1. The summed E-state index contributed by atoms with van der Waals surface area (Å²) in [5, 5.41) is 3.49. The van der Waals surface area contributed by atoms with Crippen molar-refractivity contribution in [3.8, 4) is 0 Å². The Kier molecular flexibility index (Phi) is 4.19. The molecule has 0 amide bonds. The van der Waals surface area contributed by atoms with E-state index < -0.39 is 0 Å². The Balaban J connectivity index is 2.07. The largest absolute Gasteiger partial charge is 0.312 e. The molecule has 1 saturated heterocycles. The summed E-state index contributed by atoms with van der Waals surface area (Å²) in [5.74, 6) is 0.617. The van der Waals surface area contributed by atoms with Crippen LogP contribution in [0.4, 0.5) is 0 Å². The minimum Gasteiger partial charge on any atom is -0.312 e. The molecule has 2 nitrogen and oxygen atoms in total. The molecule has 1 unspecified atom stereocenters.